The zero-order valence-corrected chi connectivity index (χ0v) is 13.9. The molecule has 0 aliphatic carbocycles. The Hall–Kier alpha value is -1.14. The van der Waals surface area contributed by atoms with Crippen LogP contribution < -0.4 is 5.32 Å². The predicted molar refractivity (Wildman–Crippen MR) is 84.8 cm³/mol. The van der Waals surface area contributed by atoms with Crippen molar-refractivity contribution in [1.82, 2.24) is 9.29 Å². The van der Waals surface area contributed by atoms with Crippen LogP contribution in [-0.2, 0) is 10.0 Å². The van der Waals surface area contributed by atoms with E-state index in [1.54, 1.807) is 16.4 Å². The third-order valence-corrected chi connectivity index (χ3v) is 5.97. The van der Waals surface area contributed by atoms with Gasteiger partial charge in [0.15, 0.2) is 0 Å². The topological polar surface area (TPSA) is 62.3 Å². The summed E-state index contributed by atoms with van der Waals surface area (Å²) in [5.41, 5.74) is 0. The summed E-state index contributed by atoms with van der Waals surface area (Å²) in [6.45, 7) is 7.67. The largest absolute Gasteiger partial charge is 0.370 e. The summed E-state index contributed by atoms with van der Waals surface area (Å²) < 4.78 is 27.0. The lowest BCUT2D eigenvalue weighted by Gasteiger charge is -2.35. The van der Waals surface area contributed by atoms with Crippen molar-refractivity contribution in [1.29, 1.82) is 0 Å². The zero-order valence-electron chi connectivity index (χ0n) is 13.0. The fourth-order valence-electron chi connectivity index (χ4n) is 2.77. The first-order valence-corrected chi connectivity index (χ1v) is 9.11. The second-order valence-electron chi connectivity index (χ2n) is 5.90. The van der Waals surface area contributed by atoms with Crippen molar-refractivity contribution < 1.29 is 8.42 Å². The van der Waals surface area contributed by atoms with Gasteiger partial charge in [0.05, 0.1) is 0 Å². The van der Waals surface area contributed by atoms with Gasteiger partial charge in [-0.05, 0) is 44.2 Å². The summed E-state index contributed by atoms with van der Waals surface area (Å²) >= 11 is 0. The number of sulfonamides is 1. The second-order valence-corrected chi connectivity index (χ2v) is 7.79. The Morgan fingerprint density at radius 3 is 2.71 bits per heavy atom. The van der Waals surface area contributed by atoms with E-state index in [0.29, 0.717) is 12.5 Å². The lowest BCUT2D eigenvalue weighted by Crippen LogP contribution is -2.44. The Bertz CT molecular complexity index is 557. The van der Waals surface area contributed by atoms with Gasteiger partial charge in [-0.1, -0.05) is 13.8 Å². The van der Waals surface area contributed by atoms with Crippen molar-refractivity contribution in [2.45, 2.75) is 51.0 Å². The number of pyridine rings is 1. The van der Waals surface area contributed by atoms with Gasteiger partial charge in [-0.25, -0.2) is 13.4 Å². The van der Waals surface area contributed by atoms with Crippen molar-refractivity contribution in [3.63, 3.8) is 0 Å². The van der Waals surface area contributed by atoms with Crippen molar-refractivity contribution in [2.24, 2.45) is 5.92 Å². The number of hydrogen-bond acceptors (Lipinski definition) is 4. The highest BCUT2D eigenvalue weighted by Gasteiger charge is 2.33. The Kier molecular flexibility index (Phi) is 5.22. The van der Waals surface area contributed by atoms with Crippen LogP contribution in [0.3, 0.4) is 0 Å². The molecule has 2 atom stereocenters. The molecule has 1 aliphatic rings. The van der Waals surface area contributed by atoms with Crippen LogP contribution in [0.15, 0.2) is 23.2 Å². The molecule has 0 bridgehead atoms. The molecule has 6 heteroatoms. The molecule has 0 amide bonds. The molecule has 2 heterocycles. The number of nitrogens with zero attached hydrogens (tertiary/aromatic N) is 2. The van der Waals surface area contributed by atoms with Gasteiger partial charge < -0.3 is 5.32 Å². The maximum Gasteiger partial charge on any atom is 0.244 e. The summed E-state index contributed by atoms with van der Waals surface area (Å²) in [4.78, 5) is 4.48. The first-order chi connectivity index (χ1) is 9.95. The molecule has 1 fully saturated rings. The van der Waals surface area contributed by atoms with E-state index in [0.717, 1.165) is 31.6 Å². The molecule has 0 saturated carbocycles. The van der Waals surface area contributed by atoms with Crippen molar-refractivity contribution in [2.75, 3.05) is 18.4 Å². The molecular formula is C15H25N3O2S. The lowest BCUT2D eigenvalue weighted by atomic mass is 9.95. The number of hydrogen-bond donors (Lipinski definition) is 1. The van der Waals surface area contributed by atoms with Gasteiger partial charge in [-0.15, -0.1) is 0 Å². The molecule has 0 aromatic carbocycles. The fourth-order valence-corrected chi connectivity index (χ4v) is 4.37. The third kappa shape index (κ3) is 3.74. The first-order valence-electron chi connectivity index (χ1n) is 7.67. The van der Waals surface area contributed by atoms with E-state index < -0.39 is 10.0 Å². The van der Waals surface area contributed by atoms with Crippen LogP contribution in [0.5, 0.6) is 0 Å². The fraction of sp³-hybridized carbons (Fsp3) is 0.667. The smallest absolute Gasteiger partial charge is 0.244 e. The second kappa shape index (κ2) is 6.75. The number of piperidine rings is 1. The summed E-state index contributed by atoms with van der Waals surface area (Å²) in [5, 5.41) is 3.15. The SMILES string of the molecule is CCCNc1ccc(S(=O)(=O)N2CCC(C)CC2C)cn1. The summed E-state index contributed by atoms with van der Waals surface area (Å²) in [6.07, 6.45) is 4.30. The van der Waals surface area contributed by atoms with Crippen LogP contribution >= 0.6 is 0 Å². The highest BCUT2D eigenvalue weighted by molar-refractivity contribution is 7.89. The van der Waals surface area contributed by atoms with Gasteiger partial charge in [0, 0.05) is 25.3 Å². The Balaban J connectivity index is 2.15. The van der Waals surface area contributed by atoms with Crippen LogP contribution in [0.4, 0.5) is 5.82 Å². The lowest BCUT2D eigenvalue weighted by molar-refractivity contribution is 0.220. The molecule has 1 N–H and O–H groups in total. The molecule has 1 aromatic rings. The van der Waals surface area contributed by atoms with Gasteiger partial charge in [-0.2, -0.15) is 4.31 Å². The van der Waals surface area contributed by atoms with Gasteiger partial charge in [-0.3, -0.25) is 0 Å². The molecule has 2 rings (SSSR count). The third-order valence-electron chi connectivity index (χ3n) is 3.98. The molecule has 5 nitrogen and oxygen atoms in total. The Labute approximate surface area is 127 Å². The number of aromatic nitrogens is 1. The van der Waals surface area contributed by atoms with Gasteiger partial charge in [0.2, 0.25) is 10.0 Å². The minimum atomic E-state index is -3.43. The standard InChI is InChI=1S/C15H25N3O2S/c1-4-8-16-15-6-5-14(11-17-15)21(19,20)18-9-7-12(2)10-13(18)3/h5-6,11-13H,4,7-10H2,1-3H3,(H,16,17). The van der Waals surface area contributed by atoms with Crippen LogP contribution in [0, 0.1) is 5.92 Å². The van der Waals surface area contributed by atoms with Crippen LogP contribution in [0.25, 0.3) is 0 Å². The van der Waals surface area contributed by atoms with E-state index in [1.807, 2.05) is 6.92 Å². The van der Waals surface area contributed by atoms with E-state index >= 15 is 0 Å². The molecule has 2 unspecified atom stereocenters. The van der Waals surface area contributed by atoms with E-state index in [4.69, 9.17) is 0 Å². The van der Waals surface area contributed by atoms with E-state index in [9.17, 15) is 8.42 Å². The van der Waals surface area contributed by atoms with E-state index in [2.05, 4.69) is 24.1 Å². The quantitative estimate of drug-likeness (QED) is 0.908. The molecular weight excluding hydrogens is 286 g/mol. The number of anilines is 1. The summed E-state index contributed by atoms with van der Waals surface area (Å²) in [6, 6.07) is 3.43. The molecule has 0 spiro atoms. The van der Waals surface area contributed by atoms with Crippen molar-refractivity contribution in [3.05, 3.63) is 18.3 Å². The zero-order chi connectivity index (χ0) is 15.5. The van der Waals surface area contributed by atoms with Gasteiger partial charge in [0.1, 0.15) is 10.7 Å². The Morgan fingerprint density at radius 2 is 2.14 bits per heavy atom. The van der Waals surface area contributed by atoms with Gasteiger partial charge in [0.25, 0.3) is 0 Å². The predicted octanol–water partition coefficient (Wildman–Crippen LogP) is 2.71. The first kappa shape index (κ1) is 16.2. The van der Waals surface area contributed by atoms with E-state index in [-0.39, 0.29) is 10.9 Å². The molecule has 118 valence electrons. The summed E-state index contributed by atoms with van der Waals surface area (Å²) in [5.74, 6) is 1.31. The van der Waals surface area contributed by atoms with Crippen molar-refractivity contribution >= 4 is 15.8 Å². The average molecular weight is 311 g/mol. The van der Waals surface area contributed by atoms with Crippen LogP contribution in [-0.4, -0.2) is 36.8 Å². The highest BCUT2D eigenvalue weighted by Crippen LogP contribution is 2.28. The van der Waals surface area contributed by atoms with Crippen LogP contribution in [0.1, 0.15) is 40.0 Å². The maximum atomic E-state index is 12.7. The van der Waals surface area contributed by atoms with Gasteiger partial charge >= 0.3 is 0 Å². The molecule has 21 heavy (non-hydrogen) atoms. The molecule has 1 saturated heterocycles. The Morgan fingerprint density at radius 1 is 1.38 bits per heavy atom. The normalized spacial score (nSPS) is 24.0. The highest BCUT2D eigenvalue weighted by atomic mass is 32.2. The van der Waals surface area contributed by atoms with E-state index in [1.165, 1.54) is 6.20 Å². The molecule has 1 aliphatic heterocycles. The van der Waals surface area contributed by atoms with Crippen LogP contribution in [0.2, 0.25) is 0 Å². The molecule has 1 aromatic heterocycles. The summed E-state index contributed by atoms with van der Waals surface area (Å²) in [7, 11) is -3.43. The minimum Gasteiger partial charge on any atom is -0.370 e. The monoisotopic (exact) mass is 311 g/mol. The maximum absolute atomic E-state index is 12.7. The number of nitrogens with one attached hydrogen (secondary N) is 1. The van der Waals surface area contributed by atoms with Crippen molar-refractivity contribution in [3.8, 4) is 0 Å². The minimum absolute atomic E-state index is 0.0524. The molecule has 0 radical (unpaired) electrons. The average Bonchev–Trinajstić information content (AvgIpc) is 2.45. The number of rotatable bonds is 5.